The summed E-state index contributed by atoms with van der Waals surface area (Å²) in [4.78, 5) is 10.6. The second kappa shape index (κ2) is 25.5. The van der Waals surface area contributed by atoms with E-state index in [1.807, 2.05) is 0 Å². The van der Waals surface area contributed by atoms with E-state index in [1.165, 1.54) is 87.8 Å². The maximum Gasteiger partial charge on any atom is 0.252 e. The molecule has 0 saturated heterocycles. The molecule has 3 aromatic heterocycles. The monoisotopic (exact) mass is 1410 g/mol. The van der Waals surface area contributed by atoms with Crippen LogP contribution in [0, 0.1) is 0 Å². The number of rotatable bonds is 9. The predicted octanol–water partition coefficient (Wildman–Crippen LogP) is 26.2. The lowest BCUT2D eigenvalue weighted by Crippen LogP contribution is -2.61. The molecule has 5 heterocycles. The van der Waals surface area contributed by atoms with Crippen molar-refractivity contribution < 1.29 is 0 Å². The van der Waals surface area contributed by atoms with Crippen molar-refractivity contribution in [3.05, 3.63) is 325 Å². The fourth-order valence-electron chi connectivity index (χ4n) is 17.3. The van der Waals surface area contributed by atoms with Gasteiger partial charge in [-0.3, -0.25) is 4.98 Å². The molecule has 5 nitrogen and oxygen atoms in total. The summed E-state index contributed by atoms with van der Waals surface area (Å²) >= 11 is 0. The number of aromatic nitrogens is 3. The van der Waals surface area contributed by atoms with Gasteiger partial charge in [-0.1, -0.05) is 298 Å². The van der Waals surface area contributed by atoms with E-state index in [0.717, 1.165) is 101 Å². The summed E-state index contributed by atoms with van der Waals surface area (Å²) in [5.41, 5.74) is 34.2. The maximum absolute atomic E-state index is 5.19. The Balaban J connectivity index is 1.02. The summed E-state index contributed by atoms with van der Waals surface area (Å²) in [5, 5.41) is 5.02. The third-order valence-electron chi connectivity index (χ3n) is 23.3. The van der Waals surface area contributed by atoms with Gasteiger partial charge in [-0.2, -0.15) is 0 Å². The Morgan fingerprint density at radius 2 is 0.560 bits per heavy atom. The molecule has 0 radical (unpaired) electrons. The minimum Gasteiger partial charge on any atom is -0.310 e. The zero-order chi connectivity index (χ0) is 75.4. The minimum absolute atomic E-state index is 0.0659. The highest BCUT2D eigenvalue weighted by molar-refractivity contribution is 7.00. The number of hydrogen-bond donors (Lipinski definition) is 0. The molecule has 0 spiro atoms. The number of fused-ring (bicyclic) bond motifs is 10. The van der Waals surface area contributed by atoms with Crippen molar-refractivity contribution in [2.45, 2.75) is 131 Å². The van der Waals surface area contributed by atoms with Crippen LogP contribution < -0.4 is 26.2 Å². The number of pyridine rings is 1. The van der Waals surface area contributed by atoms with Gasteiger partial charge >= 0.3 is 0 Å². The molecule has 18 rings (SSSR count). The Kier molecular flexibility index (Phi) is 16.1. The van der Waals surface area contributed by atoms with Gasteiger partial charge in [0.1, 0.15) is 0 Å². The number of para-hydroxylation sites is 2. The molecule has 0 fully saturated rings. The van der Waals surface area contributed by atoms with Crippen LogP contribution in [0.25, 0.3) is 111 Å². The number of nitrogens with zero attached hydrogens (tertiary/aromatic N) is 5. The van der Waals surface area contributed by atoms with Crippen LogP contribution in [0.5, 0.6) is 0 Å². The summed E-state index contributed by atoms with van der Waals surface area (Å²) in [7, 11) is 0. The van der Waals surface area contributed by atoms with Crippen molar-refractivity contribution in [1.29, 1.82) is 0 Å². The molecule has 2 aliphatic heterocycles. The highest BCUT2D eigenvalue weighted by atomic mass is 15.2. The molecule has 0 aliphatic carbocycles. The largest absolute Gasteiger partial charge is 0.310 e. The van der Waals surface area contributed by atoms with Gasteiger partial charge in [0.25, 0.3) is 6.71 Å². The standard InChI is InChI=1S/C103H94BN5/c1-99(2,3)71-42-50-88-82(57-71)83-58-72(100(4,5)6)43-51-89(83)106(88)76-46-48-86-92(61-76)108(97-78(65-30-20-16-21-31-65)38-28-39-79(97)66-32-22-17-23-33-66)94-55-69(70-54-75(64-105-63-70)103(13,14)15)56-95-96(94)104(86)87-49-47-77(107-90-52-44-73(101(7,8)9)59-84(90)85-60-74(102(10,11)12)45-53-91(85)107)62-93(87)109(95)98-80(67-34-24-18-25-35-67)40-29-41-81(98)68-36-26-19-27-37-68/h16-64H,1-15H3. The van der Waals surface area contributed by atoms with Crippen molar-refractivity contribution in [3.8, 4) is 67.0 Å². The fourth-order valence-corrected chi connectivity index (χ4v) is 17.3. The Bertz CT molecular complexity index is 5690. The molecule has 0 N–H and O–H groups in total. The van der Waals surface area contributed by atoms with Crippen molar-refractivity contribution in [3.63, 3.8) is 0 Å². The van der Waals surface area contributed by atoms with Gasteiger partial charge in [-0.25, -0.2) is 0 Å². The van der Waals surface area contributed by atoms with E-state index in [9.17, 15) is 0 Å². The molecule has 0 atom stereocenters. The predicted molar refractivity (Wildman–Crippen MR) is 468 cm³/mol. The molecule has 0 bridgehead atoms. The average molecular weight is 1410 g/mol. The number of benzene rings is 13. The molecule has 0 amide bonds. The zero-order valence-corrected chi connectivity index (χ0v) is 65.6. The first kappa shape index (κ1) is 69.0. The van der Waals surface area contributed by atoms with E-state index in [1.54, 1.807) is 0 Å². The van der Waals surface area contributed by atoms with Crippen LogP contribution >= 0.6 is 0 Å². The minimum atomic E-state index is -0.282. The second-order valence-electron chi connectivity index (χ2n) is 35.7. The van der Waals surface area contributed by atoms with E-state index in [-0.39, 0.29) is 33.8 Å². The van der Waals surface area contributed by atoms with Crippen LogP contribution in [0.1, 0.15) is 132 Å². The van der Waals surface area contributed by atoms with E-state index >= 15 is 0 Å². The smallest absolute Gasteiger partial charge is 0.252 e. The molecule has 6 heteroatoms. The lowest BCUT2D eigenvalue weighted by Gasteiger charge is -2.46. The van der Waals surface area contributed by atoms with Gasteiger partial charge in [0.05, 0.1) is 33.4 Å². The fraction of sp³-hybridized carbons (Fsp3) is 0.194. The van der Waals surface area contributed by atoms with Crippen LogP contribution in [0.4, 0.5) is 34.1 Å². The molecule has 0 unspecified atom stereocenters. The van der Waals surface area contributed by atoms with Gasteiger partial charge < -0.3 is 18.9 Å². The summed E-state index contributed by atoms with van der Waals surface area (Å²) in [6.45, 7) is 34.6. The summed E-state index contributed by atoms with van der Waals surface area (Å²) < 4.78 is 5.11. The van der Waals surface area contributed by atoms with E-state index in [2.05, 4.69) is 420 Å². The first-order chi connectivity index (χ1) is 52.2. The molecule has 109 heavy (non-hydrogen) atoms. The number of anilines is 6. The first-order valence-electron chi connectivity index (χ1n) is 38.9. The van der Waals surface area contributed by atoms with Crippen molar-refractivity contribution in [2.24, 2.45) is 0 Å². The normalized spacial score (nSPS) is 13.2. The topological polar surface area (TPSA) is 29.2 Å². The molecule has 0 saturated carbocycles. The van der Waals surface area contributed by atoms with Gasteiger partial charge in [-0.05, 0) is 190 Å². The van der Waals surface area contributed by atoms with E-state index < -0.39 is 0 Å². The average Bonchev–Trinajstić information content (AvgIpc) is 0.924. The summed E-state index contributed by atoms with van der Waals surface area (Å²) in [6, 6.07) is 110. The van der Waals surface area contributed by atoms with Gasteiger partial charge in [0.2, 0.25) is 0 Å². The molecule has 2 aliphatic rings. The Hall–Kier alpha value is -11.7. The summed E-state index contributed by atoms with van der Waals surface area (Å²) in [5.74, 6) is 0. The van der Waals surface area contributed by atoms with Crippen molar-refractivity contribution in [1.82, 2.24) is 14.1 Å². The van der Waals surface area contributed by atoms with Crippen molar-refractivity contribution >= 4 is 101 Å². The summed E-state index contributed by atoms with van der Waals surface area (Å²) in [6.07, 6.45) is 4.16. The van der Waals surface area contributed by atoms with Crippen molar-refractivity contribution in [2.75, 3.05) is 9.80 Å². The molecule has 534 valence electrons. The van der Waals surface area contributed by atoms with Crippen LogP contribution in [-0.4, -0.2) is 20.8 Å². The van der Waals surface area contributed by atoms with Crippen LogP contribution in [0.15, 0.2) is 298 Å². The van der Waals surface area contributed by atoms with Gasteiger partial charge in [0.15, 0.2) is 0 Å². The Labute approximate surface area is 643 Å². The highest BCUT2D eigenvalue weighted by Crippen LogP contribution is 2.55. The molecular formula is C103H94BN5. The Morgan fingerprint density at radius 3 is 0.862 bits per heavy atom. The lowest BCUT2D eigenvalue weighted by molar-refractivity contribution is 0.587. The lowest BCUT2D eigenvalue weighted by atomic mass is 9.33. The van der Waals surface area contributed by atoms with Crippen LogP contribution in [-0.2, 0) is 27.1 Å². The third-order valence-corrected chi connectivity index (χ3v) is 23.3. The van der Waals surface area contributed by atoms with Crippen LogP contribution in [0.3, 0.4) is 0 Å². The number of hydrogen-bond acceptors (Lipinski definition) is 3. The maximum atomic E-state index is 5.19. The first-order valence-corrected chi connectivity index (χ1v) is 38.9. The second-order valence-corrected chi connectivity index (χ2v) is 35.7. The molecular weight excluding hydrogens is 1320 g/mol. The van der Waals surface area contributed by atoms with Crippen LogP contribution in [0.2, 0.25) is 0 Å². The van der Waals surface area contributed by atoms with E-state index in [4.69, 9.17) is 4.98 Å². The Morgan fingerprint density at radius 1 is 0.248 bits per heavy atom. The quantitative estimate of drug-likeness (QED) is 0.135. The third kappa shape index (κ3) is 11.7. The van der Waals surface area contributed by atoms with Gasteiger partial charge in [-0.15, -0.1) is 0 Å². The SMILES string of the molecule is CC(C)(C)c1cncc(-c2cc3c4c(c2)N(c2c(-c5ccccc5)cccc2-c2ccccc2)c2cc(-n5c6ccc(C(C)(C)C)cc6c6cc(C(C)(C)C)ccc65)ccc2B4c2ccc(-n4c5ccc(C(C)(C)C)cc5c5cc(C(C)(C)C)ccc54)cc2N3c2c(-c3ccccc3)cccc2-c2ccccc2)c1. The van der Waals surface area contributed by atoms with Gasteiger partial charge in [0, 0.05) is 95.9 Å². The molecule has 16 aromatic rings. The zero-order valence-electron chi connectivity index (χ0n) is 65.6. The van der Waals surface area contributed by atoms with E-state index in [0.29, 0.717) is 0 Å². The molecule has 13 aromatic carbocycles. The highest BCUT2D eigenvalue weighted by Gasteiger charge is 2.46.